The summed E-state index contributed by atoms with van der Waals surface area (Å²) in [6.45, 7) is 6.09. The van der Waals surface area contributed by atoms with Crippen LogP contribution in [0, 0.1) is 11.3 Å². The second-order valence-corrected chi connectivity index (χ2v) is 3.44. The summed E-state index contributed by atoms with van der Waals surface area (Å²) in [5.74, 6) is 0.650. The van der Waals surface area contributed by atoms with Gasteiger partial charge in [0.15, 0.2) is 0 Å². The zero-order valence-electron chi connectivity index (χ0n) is 7.41. The van der Waals surface area contributed by atoms with Crippen molar-refractivity contribution in [2.24, 2.45) is 5.92 Å². The average molecular weight is 141 g/mol. The lowest BCUT2D eigenvalue weighted by atomic mass is 10.1. The Labute approximate surface area is 64.3 Å². The molecule has 0 aliphatic heterocycles. The van der Waals surface area contributed by atoms with Gasteiger partial charge in [-0.25, -0.2) is 0 Å². The zero-order chi connectivity index (χ0) is 7.98. The summed E-state index contributed by atoms with van der Waals surface area (Å²) in [6, 6.07) is 0. The van der Waals surface area contributed by atoms with Crippen LogP contribution in [0.5, 0.6) is 0 Å². The third-order valence-electron chi connectivity index (χ3n) is 1.07. The number of rotatable bonds is 2. The summed E-state index contributed by atoms with van der Waals surface area (Å²) < 4.78 is 0. The molecule has 1 nitrogen and oxygen atoms in total. The molecule has 1 fully saturated rings. The van der Waals surface area contributed by atoms with E-state index in [9.17, 15) is 0 Å². The molecule has 0 saturated heterocycles. The van der Waals surface area contributed by atoms with Crippen LogP contribution in [-0.2, 0) is 0 Å². The molecule has 10 heavy (non-hydrogen) atoms. The summed E-state index contributed by atoms with van der Waals surface area (Å²) in [7, 11) is 0. The number of nitrogens with one attached hydrogen (secondary N) is 1. The first-order valence-corrected chi connectivity index (χ1v) is 4.17. The van der Waals surface area contributed by atoms with Crippen molar-refractivity contribution in [3.63, 3.8) is 0 Å². The third kappa shape index (κ3) is 15.6. The smallest absolute Gasteiger partial charge is 0.00607 e. The van der Waals surface area contributed by atoms with Crippen LogP contribution in [0.1, 0.15) is 46.5 Å². The molecule has 0 atom stereocenters. The second kappa shape index (κ2) is 5.45. The highest BCUT2D eigenvalue weighted by Crippen LogP contribution is 2.14. The Bertz CT molecular complexity index is 90.1. The molecule has 0 aromatic heterocycles. The summed E-state index contributed by atoms with van der Waals surface area (Å²) in [5.41, 5.74) is 0.787. The van der Waals surface area contributed by atoms with Crippen molar-refractivity contribution in [1.82, 2.24) is 0 Å². The molecule has 0 unspecified atom stereocenters. The van der Waals surface area contributed by atoms with Crippen molar-refractivity contribution in [1.29, 1.82) is 5.41 Å². The lowest BCUT2D eigenvalue weighted by Crippen LogP contribution is -1.94. The zero-order valence-corrected chi connectivity index (χ0v) is 7.41. The van der Waals surface area contributed by atoms with E-state index in [2.05, 4.69) is 13.8 Å². The Hall–Kier alpha value is -0.330. The van der Waals surface area contributed by atoms with E-state index < -0.39 is 0 Å². The van der Waals surface area contributed by atoms with Crippen molar-refractivity contribution < 1.29 is 0 Å². The molecule has 0 aromatic rings. The van der Waals surface area contributed by atoms with Gasteiger partial charge < -0.3 is 5.41 Å². The van der Waals surface area contributed by atoms with E-state index >= 15 is 0 Å². The van der Waals surface area contributed by atoms with Crippen molar-refractivity contribution in [2.45, 2.75) is 46.5 Å². The molecule has 1 N–H and O–H groups in total. The third-order valence-corrected chi connectivity index (χ3v) is 1.07. The van der Waals surface area contributed by atoms with Crippen LogP contribution in [0.15, 0.2) is 0 Å². The normalized spacial score (nSPS) is 14.0. The molecule has 1 heteroatoms. The van der Waals surface area contributed by atoms with Crippen LogP contribution in [0.2, 0.25) is 0 Å². The Morgan fingerprint density at radius 2 is 1.70 bits per heavy atom. The quantitative estimate of drug-likeness (QED) is 0.571. The number of hydrogen-bond acceptors (Lipinski definition) is 1. The van der Waals surface area contributed by atoms with E-state index in [-0.39, 0.29) is 0 Å². The maximum atomic E-state index is 7.02. The van der Waals surface area contributed by atoms with E-state index in [0.29, 0.717) is 5.92 Å². The molecule has 1 aliphatic rings. The van der Waals surface area contributed by atoms with Gasteiger partial charge in [0.1, 0.15) is 0 Å². The molecule has 0 heterocycles. The molecule has 0 spiro atoms. The first-order valence-electron chi connectivity index (χ1n) is 4.17. The Morgan fingerprint density at radius 3 is 1.70 bits per heavy atom. The van der Waals surface area contributed by atoms with E-state index in [0.717, 1.165) is 12.1 Å². The lowest BCUT2D eigenvalue weighted by Gasteiger charge is -1.98. The van der Waals surface area contributed by atoms with Crippen molar-refractivity contribution in [2.75, 3.05) is 0 Å². The molecular weight excluding hydrogens is 122 g/mol. The predicted octanol–water partition coefficient (Wildman–Crippen LogP) is 3.24. The minimum atomic E-state index is 0.650. The monoisotopic (exact) mass is 141 g/mol. The summed E-state index contributed by atoms with van der Waals surface area (Å²) in [4.78, 5) is 0. The van der Waals surface area contributed by atoms with Crippen molar-refractivity contribution in [3.05, 3.63) is 0 Å². The SMILES string of the molecule is C1CC1.CC(=N)CC(C)C. The van der Waals surface area contributed by atoms with Gasteiger partial charge in [-0.05, 0) is 19.3 Å². The average Bonchev–Trinajstić information content (AvgIpc) is 2.38. The topological polar surface area (TPSA) is 23.9 Å². The fourth-order valence-electron chi connectivity index (χ4n) is 0.612. The van der Waals surface area contributed by atoms with Crippen LogP contribution in [0.4, 0.5) is 0 Å². The van der Waals surface area contributed by atoms with Crippen LogP contribution in [-0.4, -0.2) is 5.71 Å². The first-order chi connectivity index (χ1) is 4.63. The van der Waals surface area contributed by atoms with Gasteiger partial charge in [-0.2, -0.15) is 0 Å². The Balaban J connectivity index is 0.000000219. The van der Waals surface area contributed by atoms with E-state index in [1.165, 1.54) is 19.3 Å². The molecule has 0 radical (unpaired) electrons. The number of hydrogen-bond donors (Lipinski definition) is 1. The lowest BCUT2D eigenvalue weighted by molar-refractivity contribution is 0.680. The highest BCUT2D eigenvalue weighted by molar-refractivity contribution is 5.78. The summed E-state index contributed by atoms with van der Waals surface area (Å²) in [6.07, 6.45) is 5.44. The molecule has 0 amide bonds. The largest absolute Gasteiger partial charge is 0.310 e. The molecule has 0 bridgehead atoms. The Morgan fingerprint density at radius 1 is 1.30 bits per heavy atom. The van der Waals surface area contributed by atoms with Crippen LogP contribution < -0.4 is 0 Å². The van der Waals surface area contributed by atoms with Crippen LogP contribution in [0.25, 0.3) is 0 Å². The Kier molecular flexibility index (Phi) is 5.27. The molecule has 1 rings (SSSR count). The van der Waals surface area contributed by atoms with Gasteiger partial charge in [-0.3, -0.25) is 0 Å². The van der Waals surface area contributed by atoms with Crippen LogP contribution >= 0.6 is 0 Å². The van der Waals surface area contributed by atoms with Gasteiger partial charge in [0.05, 0.1) is 0 Å². The fourth-order valence-corrected chi connectivity index (χ4v) is 0.612. The van der Waals surface area contributed by atoms with Gasteiger partial charge in [-0.15, -0.1) is 0 Å². The minimum absolute atomic E-state index is 0.650. The van der Waals surface area contributed by atoms with E-state index in [1.807, 2.05) is 6.92 Å². The summed E-state index contributed by atoms with van der Waals surface area (Å²) >= 11 is 0. The van der Waals surface area contributed by atoms with Crippen molar-refractivity contribution in [3.8, 4) is 0 Å². The highest BCUT2D eigenvalue weighted by atomic mass is 14.4. The second-order valence-electron chi connectivity index (χ2n) is 3.44. The molecule has 0 aromatic carbocycles. The molecular formula is C9H19N. The first kappa shape index (κ1) is 9.67. The fraction of sp³-hybridized carbons (Fsp3) is 0.889. The maximum absolute atomic E-state index is 7.02. The van der Waals surface area contributed by atoms with Crippen molar-refractivity contribution >= 4 is 5.71 Å². The van der Waals surface area contributed by atoms with Crippen LogP contribution in [0.3, 0.4) is 0 Å². The maximum Gasteiger partial charge on any atom is 0.00607 e. The highest BCUT2D eigenvalue weighted by Gasteiger charge is 1.95. The van der Waals surface area contributed by atoms with Gasteiger partial charge >= 0.3 is 0 Å². The predicted molar refractivity (Wildman–Crippen MR) is 46.7 cm³/mol. The minimum Gasteiger partial charge on any atom is -0.310 e. The summed E-state index contributed by atoms with van der Waals surface area (Å²) in [5, 5.41) is 7.02. The molecule has 60 valence electrons. The van der Waals surface area contributed by atoms with Gasteiger partial charge in [0, 0.05) is 5.71 Å². The van der Waals surface area contributed by atoms with E-state index in [1.54, 1.807) is 0 Å². The van der Waals surface area contributed by atoms with Gasteiger partial charge in [0.2, 0.25) is 0 Å². The standard InChI is InChI=1S/C6H13N.C3H6/c1-5(2)4-6(3)7;1-2-3-1/h5,7H,4H2,1-3H3;1-3H2. The molecule has 1 aliphatic carbocycles. The van der Waals surface area contributed by atoms with E-state index in [4.69, 9.17) is 5.41 Å². The van der Waals surface area contributed by atoms with Gasteiger partial charge in [-0.1, -0.05) is 33.1 Å². The molecule has 1 saturated carbocycles. The van der Waals surface area contributed by atoms with Gasteiger partial charge in [0.25, 0.3) is 0 Å².